The fourth-order valence-electron chi connectivity index (χ4n) is 2.23. The summed E-state index contributed by atoms with van der Waals surface area (Å²) in [4.78, 5) is 0. The zero-order chi connectivity index (χ0) is 17.9. The van der Waals surface area contributed by atoms with Crippen molar-refractivity contribution in [3.05, 3.63) is 36.4 Å². The van der Waals surface area contributed by atoms with Crippen LogP contribution in [-0.4, -0.2) is 54.7 Å². The van der Waals surface area contributed by atoms with Gasteiger partial charge in [-0.15, -0.1) is 15.3 Å². The van der Waals surface area contributed by atoms with Gasteiger partial charge in [-0.05, 0) is 18.2 Å². The van der Waals surface area contributed by atoms with E-state index in [1.807, 2.05) is 24.3 Å². The highest BCUT2D eigenvalue weighted by Gasteiger charge is 2.14. The van der Waals surface area contributed by atoms with Gasteiger partial charge in [-0.25, -0.2) is 13.1 Å². The molecule has 10 heteroatoms. The molecule has 0 amide bonds. The molecule has 2 aromatic heterocycles. The maximum atomic E-state index is 11.0. The van der Waals surface area contributed by atoms with Crippen LogP contribution in [0.5, 0.6) is 11.6 Å². The van der Waals surface area contributed by atoms with Crippen LogP contribution in [0.25, 0.3) is 17.0 Å². The molecule has 0 radical (unpaired) electrons. The molecule has 0 saturated heterocycles. The number of aromatic nitrogens is 4. The molecule has 0 unspecified atom stereocenters. The summed E-state index contributed by atoms with van der Waals surface area (Å²) in [6.45, 7) is 0.303. The minimum atomic E-state index is -3.24. The van der Waals surface area contributed by atoms with Crippen molar-refractivity contribution in [2.45, 2.75) is 0 Å². The summed E-state index contributed by atoms with van der Waals surface area (Å²) in [5, 5.41) is 12.6. The molecule has 0 aliphatic heterocycles. The van der Waals surface area contributed by atoms with Crippen molar-refractivity contribution >= 4 is 15.7 Å². The third kappa shape index (κ3) is 4.03. The number of sulfonamides is 1. The number of para-hydroxylation sites is 1. The topological polar surface area (TPSA) is 108 Å². The van der Waals surface area contributed by atoms with Crippen LogP contribution in [0.15, 0.2) is 36.4 Å². The smallest absolute Gasteiger partial charge is 0.231 e. The first-order valence-corrected chi connectivity index (χ1v) is 9.30. The van der Waals surface area contributed by atoms with Gasteiger partial charge in [0.2, 0.25) is 15.9 Å². The molecule has 0 spiro atoms. The van der Waals surface area contributed by atoms with Crippen molar-refractivity contribution in [1.82, 2.24) is 24.5 Å². The van der Waals surface area contributed by atoms with E-state index >= 15 is 0 Å². The van der Waals surface area contributed by atoms with Crippen LogP contribution in [0.1, 0.15) is 0 Å². The Morgan fingerprint density at radius 2 is 1.96 bits per heavy atom. The zero-order valence-electron chi connectivity index (χ0n) is 13.7. The molecule has 0 aliphatic carbocycles. The molecule has 3 rings (SSSR count). The number of hydrogen-bond donors (Lipinski definition) is 1. The molecule has 0 atom stereocenters. The van der Waals surface area contributed by atoms with Crippen LogP contribution in [0.2, 0.25) is 0 Å². The van der Waals surface area contributed by atoms with Crippen molar-refractivity contribution in [1.29, 1.82) is 0 Å². The second kappa shape index (κ2) is 7.03. The molecule has 1 aromatic carbocycles. The number of rotatable bonds is 7. The van der Waals surface area contributed by atoms with Crippen molar-refractivity contribution < 1.29 is 17.9 Å². The van der Waals surface area contributed by atoms with Gasteiger partial charge in [-0.2, -0.15) is 4.52 Å². The highest BCUT2D eigenvalue weighted by molar-refractivity contribution is 7.88. The fraction of sp³-hybridized carbons (Fsp3) is 0.267. The number of methoxy groups -OCH3 is 1. The van der Waals surface area contributed by atoms with Gasteiger partial charge in [0.15, 0.2) is 11.5 Å². The summed E-state index contributed by atoms with van der Waals surface area (Å²) in [6.07, 6.45) is 1.09. The Bertz CT molecular complexity index is 987. The Morgan fingerprint density at radius 1 is 1.16 bits per heavy atom. The molecular formula is C15H17N5O4S. The van der Waals surface area contributed by atoms with E-state index in [4.69, 9.17) is 9.47 Å². The van der Waals surface area contributed by atoms with Gasteiger partial charge in [0, 0.05) is 12.6 Å². The van der Waals surface area contributed by atoms with Crippen LogP contribution in [-0.2, 0) is 10.0 Å². The summed E-state index contributed by atoms with van der Waals surface area (Å²) < 4.78 is 36.8. The highest BCUT2D eigenvalue weighted by Crippen LogP contribution is 2.28. The van der Waals surface area contributed by atoms with Crippen LogP contribution in [0.3, 0.4) is 0 Å². The Hall–Kier alpha value is -2.72. The standard InChI is InChI=1S/C15H17N5O4S/c1-23-12-6-4-3-5-11(12)15-18-17-13-7-8-14(19-20(13)15)24-10-9-16-25(2,21)22/h3-8,16H,9-10H2,1-2H3. The molecule has 3 aromatic rings. The van der Waals surface area contributed by atoms with Crippen molar-refractivity contribution in [3.63, 3.8) is 0 Å². The largest absolute Gasteiger partial charge is 0.496 e. The number of benzene rings is 1. The highest BCUT2D eigenvalue weighted by atomic mass is 32.2. The SMILES string of the molecule is COc1ccccc1-c1nnc2ccc(OCCNS(C)(=O)=O)nn12. The zero-order valence-corrected chi connectivity index (χ0v) is 14.5. The Labute approximate surface area is 144 Å². The van der Waals surface area contributed by atoms with Gasteiger partial charge < -0.3 is 9.47 Å². The van der Waals surface area contributed by atoms with E-state index in [0.29, 0.717) is 23.1 Å². The predicted molar refractivity (Wildman–Crippen MR) is 91.1 cm³/mol. The summed E-state index contributed by atoms with van der Waals surface area (Å²) in [6, 6.07) is 10.8. The van der Waals surface area contributed by atoms with Gasteiger partial charge >= 0.3 is 0 Å². The monoisotopic (exact) mass is 363 g/mol. The summed E-state index contributed by atoms with van der Waals surface area (Å²) in [5.74, 6) is 1.51. The number of hydrogen-bond acceptors (Lipinski definition) is 7. The van der Waals surface area contributed by atoms with Gasteiger partial charge in [0.1, 0.15) is 12.4 Å². The Balaban J connectivity index is 1.85. The first-order valence-electron chi connectivity index (χ1n) is 7.41. The molecule has 0 bridgehead atoms. The normalized spacial score (nSPS) is 11.6. The van der Waals surface area contributed by atoms with Crippen molar-refractivity contribution in [2.24, 2.45) is 0 Å². The van der Waals surface area contributed by atoms with E-state index in [0.717, 1.165) is 11.8 Å². The maximum Gasteiger partial charge on any atom is 0.231 e. The lowest BCUT2D eigenvalue weighted by Crippen LogP contribution is -2.27. The van der Waals surface area contributed by atoms with Crippen molar-refractivity contribution in [3.8, 4) is 23.0 Å². The number of nitrogens with zero attached hydrogens (tertiary/aromatic N) is 4. The summed E-state index contributed by atoms with van der Waals surface area (Å²) >= 11 is 0. The molecule has 0 saturated carbocycles. The molecule has 0 fully saturated rings. The number of ether oxygens (including phenoxy) is 2. The lowest BCUT2D eigenvalue weighted by molar-refractivity contribution is 0.306. The van der Waals surface area contributed by atoms with Gasteiger partial charge in [-0.3, -0.25) is 0 Å². The first-order chi connectivity index (χ1) is 12.0. The van der Waals surface area contributed by atoms with E-state index in [9.17, 15) is 8.42 Å². The van der Waals surface area contributed by atoms with Gasteiger partial charge in [-0.1, -0.05) is 12.1 Å². The van der Waals surface area contributed by atoms with Gasteiger partial charge in [0.05, 0.1) is 18.9 Å². The third-order valence-electron chi connectivity index (χ3n) is 3.30. The maximum absolute atomic E-state index is 11.0. The van der Waals surface area contributed by atoms with Crippen molar-refractivity contribution in [2.75, 3.05) is 26.5 Å². The van der Waals surface area contributed by atoms with Gasteiger partial charge in [0.25, 0.3) is 0 Å². The molecule has 25 heavy (non-hydrogen) atoms. The van der Waals surface area contributed by atoms with Crippen LogP contribution in [0, 0.1) is 0 Å². The lowest BCUT2D eigenvalue weighted by atomic mass is 10.2. The van der Waals surface area contributed by atoms with Crippen LogP contribution in [0.4, 0.5) is 0 Å². The second-order valence-electron chi connectivity index (χ2n) is 5.18. The molecule has 132 valence electrons. The molecular weight excluding hydrogens is 346 g/mol. The average molecular weight is 363 g/mol. The van der Waals surface area contributed by atoms with Crippen LogP contribution >= 0.6 is 0 Å². The second-order valence-corrected chi connectivity index (χ2v) is 7.01. The van der Waals surface area contributed by atoms with E-state index in [2.05, 4.69) is 20.0 Å². The molecule has 0 aliphatic rings. The quantitative estimate of drug-likeness (QED) is 0.617. The Morgan fingerprint density at radius 3 is 2.72 bits per heavy atom. The molecule has 1 N–H and O–H groups in total. The third-order valence-corrected chi connectivity index (χ3v) is 4.03. The molecule has 9 nitrogen and oxygen atoms in total. The molecule has 2 heterocycles. The van der Waals surface area contributed by atoms with E-state index in [1.54, 1.807) is 23.8 Å². The van der Waals surface area contributed by atoms with E-state index < -0.39 is 10.0 Å². The Kier molecular flexibility index (Phi) is 4.81. The summed E-state index contributed by atoms with van der Waals surface area (Å²) in [7, 11) is -1.66. The minimum absolute atomic E-state index is 0.150. The summed E-state index contributed by atoms with van der Waals surface area (Å²) in [5.41, 5.74) is 1.31. The number of fused-ring (bicyclic) bond motifs is 1. The first kappa shape index (κ1) is 17.1. The predicted octanol–water partition coefficient (Wildman–Crippen LogP) is 0.728. The lowest BCUT2D eigenvalue weighted by Gasteiger charge is -2.08. The average Bonchev–Trinajstić information content (AvgIpc) is 3.01. The fourth-order valence-corrected chi connectivity index (χ4v) is 2.68. The van der Waals surface area contributed by atoms with Crippen LogP contribution < -0.4 is 14.2 Å². The number of nitrogens with one attached hydrogen (secondary N) is 1. The van der Waals surface area contributed by atoms with E-state index in [1.165, 1.54) is 0 Å². The minimum Gasteiger partial charge on any atom is -0.496 e. The van der Waals surface area contributed by atoms with E-state index in [-0.39, 0.29) is 13.2 Å².